The number of hydrogen-bond acceptors (Lipinski definition) is 5. The number of amides is 1. The Morgan fingerprint density at radius 2 is 1.86 bits per heavy atom. The molecule has 7 heteroatoms. The van der Waals surface area contributed by atoms with Crippen molar-refractivity contribution >= 4 is 18.8 Å². The number of pyridine rings is 1. The normalized spacial score (nSPS) is 24.3. The molecular formula is C21H33BN2O4. The van der Waals surface area contributed by atoms with Crippen molar-refractivity contribution in [2.24, 2.45) is 0 Å². The molecule has 1 unspecified atom stereocenters. The van der Waals surface area contributed by atoms with Gasteiger partial charge in [-0.05, 0) is 73.4 Å². The van der Waals surface area contributed by atoms with Gasteiger partial charge in [-0.15, -0.1) is 0 Å². The van der Waals surface area contributed by atoms with Crippen LogP contribution in [0, 0.1) is 0 Å². The molecule has 0 N–H and O–H groups in total. The summed E-state index contributed by atoms with van der Waals surface area (Å²) in [5.41, 5.74) is 0.478. The van der Waals surface area contributed by atoms with Crippen molar-refractivity contribution in [3.05, 3.63) is 23.9 Å². The van der Waals surface area contributed by atoms with Gasteiger partial charge >= 0.3 is 13.2 Å². The SMILES string of the molecule is CC(C)(C)OC(=O)N1CCCC(c2cccc(B3OC(C)(C)C(C)(C)O3)n2)C1. The molecule has 2 aliphatic heterocycles. The molecule has 3 heterocycles. The quantitative estimate of drug-likeness (QED) is 0.726. The van der Waals surface area contributed by atoms with Crippen molar-refractivity contribution in [2.75, 3.05) is 13.1 Å². The van der Waals surface area contributed by atoms with E-state index in [0.29, 0.717) is 6.54 Å². The fraction of sp³-hybridized carbons (Fsp3) is 0.714. The van der Waals surface area contributed by atoms with Crippen LogP contribution in [-0.2, 0) is 14.0 Å². The highest BCUT2D eigenvalue weighted by molar-refractivity contribution is 6.61. The van der Waals surface area contributed by atoms with Gasteiger partial charge in [-0.25, -0.2) is 4.79 Å². The van der Waals surface area contributed by atoms with Gasteiger partial charge in [0.1, 0.15) is 5.60 Å². The molecule has 2 fully saturated rings. The Labute approximate surface area is 169 Å². The Morgan fingerprint density at radius 1 is 1.21 bits per heavy atom. The van der Waals surface area contributed by atoms with Crippen LogP contribution in [0.5, 0.6) is 0 Å². The van der Waals surface area contributed by atoms with Gasteiger partial charge in [0.2, 0.25) is 0 Å². The second-order valence-corrected chi connectivity index (χ2v) is 9.84. The fourth-order valence-electron chi connectivity index (χ4n) is 3.50. The minimum Gasteiger partial charge on any atom is -0.444 e. The molecular weight excluding hydrogens is 355 g/mol. The topological polar surface area (TPSA) is 60.9 Å². The first-order valence-electron chi connectivity index (χ1n) is 10.2. The summed E-state index contributed by atoms with van der Waals surface area (Å²) in [4.78, 5) is 19.1. The first-order valence-corrected chi connectivity index (χ1v) is 10.2. The smallest absolute Gasteiger partial charge is 0.444 e. The molecule has 0 radical (unpaired) electrons. The van der Waals surface area contributed by atoms with E-state index in [4.69, 9.17) is 19.0 Å². The molecule has 0 aromatic carbocycles. The summed E-state index contributed by atoms with van der Waals surface area (Å²) < 4.78 is 17.8. The summed E-state index contributed by atoms with van der Waals surface area (Å²) in [5.74, 6) is 0.184. The molecule has 0 spiro atoms. The molecule has 154 valence electrons. The Balaban J connectivity index is 1.73. The number of rotatable bonds is 2. The molecule has 0 bridgehead atoms. The van der Waals surface area contributed by atoms with Gasteiger partial charge in [-0.2, -0.15) is 0 Å². The summed E-state index contributed by atoms with van der Waals surface area (Å²) in [6.45, 7) is 15.2. The lowest BCUT2D eigenvalue weighted by Gasteiger charge is -2.34. The number of carbonyl (C=O) groups excluding carboxylic acids is 1. The van der Waals surface area contributed by atoms with Gasteiger partial charge in [-0.1, -0.05) is 6.07 Å². The van der Waals surface area contributed by atoms with Gasteiger partial charge in [0, 0.05) is 24.7 Å². The van der Waals surface area contributed by atoms with E-state index in [1.807, 2.05) is 66.7 Å². The average Bonchev–Trinajstić information content (AvgIpc) is 2.81. The van der Waals surface area contributed by atoms with Crippen LogP contribution in [0.1, 0.15) is 72.9 Å². The molecule has 2 saturated heterocycles. The molecule has 3 rings (SSSR count). The van der Waals surface area contributed by atoms with E-state index in [9.17, 15) is 4.79 Å². The highest BCUT2D eigenvalue weighted by atomic mass is 16.7. The summed E-state index contributed by atoms with van der Waals surface area (Å²) >= 11 is 0. The number of likely N-dealkylation sites (tertiary alicyclic amines) is 1. The first kappa shape index (κ1) is 21.1. The van der Waals surface area contributed by atoms with E-state index in [1.54, 1.807) is 4.90 Å². The molecule has 1 aromatic rings. The zero-order chi connectivity index (χ0) is 20.7. The van der Waals surface area contributed by atoms with Gasteiger partial charge in [0.15, 0.2) is 0 Å². The Bertz CT molecular complexity index is 713. The third-order valence-electron chi connectivity index (χ3n) is 5.78. The van der Waals surface area contributed by atoms with Crippen molar-refractivity contribution in [3.63, 3.8) is 0 Å². The Morgan fingerprint density at radius 3 is 2.46 bits per heavy atom. The third-order valence-corrected chi connectivity index (χ3v) is 5.78. The minimum absolute atomic E-state index is 0.184. The Hall–Kier alpha value is -1.60. The number of piperidine rings is 1. The van der Waals surface area contributed by atoms with Crippen molar-refractivity contribution in [1.29, 1.82) is 0 Å². The van der Waals surface area contributed by atoms with E-state index in [1.165, 1.54) is 0 Å². The summed E-state index contributed by atoms with van der Waals surface area (Å²) in [6, 6.07) is 5.97. The van der Waals surface area contributed by atoms with Crippen LogP contribution in [0.4, 0.5) is 4.79 Å². The van der Waals surface area contributed by atoms with Crippen LogP contribution in [0.15, 0.2) is 18.2 Å². The monoisotopic (exact) mass is 388 g/mol. The maximum Gasteiger partial charge on any atom is 0.514 e. The lowest BCUT2D eigenvalue weighted by molar-refractivity contribution is 0.00578. The second kappa shape index (κ2) is 7.34. The van der Waals surface area contributed by atoms with Crippen LogP contribution in [-0.4, -0.2) is 53.0 Å². The summed E-state index contributed by atoms with van der Waals surface area (Å²) in [7, 11) is -0.476. The van der Waals surface area contributed by atoms with Crippen LogP contribution in [0.25, 0.3) is 0 Å². The molecule has 1 amide bonds. The highest BCUT2D eigenvalue weighted by Gasteiger charge is 2.52. The molecule has 1 aromatic heterocycles. The van der Waals surface area contributed by atoms with Crippen LogP contribution in [0.2, 0.25) is 0 Å². The predicted octanol–water partition coefficient (Wildman–Crippen LogP) is 3.50. The highest BCUT2D eigenvalue weighted by Crippen LogP contribution is 2.36. The maximum atomic E-state index is 12.5. The number of ether oxygens (including phenoxy) is 1. The molecule has 0 saturated carbocycles. The van der Waals surface area contributed by atoms with Crippen LogP contribution in [0.3, 0.4) is 0 Å². The second-order valence-electron chi connectivity index (χ2n) is 9.84. The van der Waals surface area contributed by atoms with Gasteiger partial charge in [0.05, 0.1) is 16.8 Å². The number of aromatic nitrogens is 1. The first-order chi connectivity index (χ1) is 12.9. The van der Waals surface area contributed by atoms with Gasteiger partial charge in [0.25, 0.3) is 0 Å². The van der Waals surface area contributed by atoms with Crippen molar-refractivity contribution < 1.29 is 18.8 Å². The standard InChI is InChI=1S/C21H33BN2O4/c1-19(2,3)26-18(25)24-13-9-10-15(14-24)16-11-8-12-17(23-16)22-27-20(4,5)21(6,7)28-22/h8,11-12,15H,9-10,13-14H2,1-7H3. The van der Waals surface area contributed by atoms with Gasteiger partial charge in [-0.3, -0.25) is 4.98 Å². The molecule has 0 aliphatic carbocycles. The average molecular weight is 388 g/mol. The largest absolute Gasteiger partial charge is 0.514 e. The van der Waals surface area contributed by atoms with Crippen molar-refractivity contribution in [1.82, 2.24) is 9.88 Å². The predicted molar refractivity (Wildman–Crippen MR) is 110 cm³/mol. The molecule has 2 aliphatic rings. The summed E-state index contributed by atoms with van der Waals surface area (Å²) in [6.07, 6.45) is 1.69. The van der Waals surface area contributed by atoms with E-state index in [-0.39, 0.29) is 12.0 Å². The number of carbonyl (C=O) groups is 1. The van der Waals surface area contributed by atoms with Crippen molar-refractivity contribution in [2.45, 2.75) is 84.0 Å². The fourth-order valence-corrected chi connectivity index (χ4v) is 3.50. The van der Waals surface area contributed by atoms with E-state index >= 15 is 0 Å². The van der Waals surface area contributed by atoms with Crippen LogP contribution >= 0.6 is 0 Å². The molecule has 1 atom stereocenters. The van der Waals surface area contributed by atoms with E-state index in [0.717, 1.165) is 30.7 Å². The number of nitrogens with zero attached hydrogens (tertiary/aromatic N) is 2. The van der Waals surface area contributed by atoms with Crippen molar-refractivity contribution in [3.8, 4) is 0 Å². The molecule has 6 nitrogen and oxygen atoms in total. The lowest BCUT2D eigenvalue weighted by atomic mass is 9.83. The zero-order valence-electron chi connectivity index (χ0n) is 18.2. The Kier molecular flexibility index (Phi) is 5.54. The van der Waals surface area contributed by atoms with Crippen LogP contribution < -0.4 is 5.59 Å². The number of hydrogen-bond donors (Lipinski definition) is 0. The van der Waals surface area contributed by atoms with E-state index < -0.39 is 23.9 Å². The van der Waals surface area contributed by atoms with E-state index in [2.05, 4.69) is 0 Å². The summed E-state index contributed by atoms with van der Waals surface area (Å²) in [5, 5.41) is 0. The van der Waals surface area contributed by atoms with Gasteiger partial charge < -0.3 is 18.9 Å². The third kappa shape index (κ3) is 4.52. The minimum atomic E-state index is -0.487. The lowest BCUT2D eigenvalue weighted by Crippen LogP contribution is -2.43. The maximum absolute atomic E-state index is 12.5. The molecule has 28 heavy (non-hydrogen) atoms. The zero-order valence-corrected chi connectivity index (χ0v) is 18.2.